The number of H-pyrrole nitrogens is 1. The molecule has 0 aliphatic rings. The number of hydrogen-bond donors (Lipinski definition) is 2. The first-order valence-corrected chi connectivity index (χ1v) is 6.24. The van der Waals surface area contributed by atoms with Crippen molar-refractivity contribution in [2.75, 3.05) is 26.0 Å². The van der Waals surface area contributed by atoms with E-state index in [9.17, 15) is 4.79 Å². The van der Waals surface area contributed by atoms with E-state index in [1.165, 1.54) is 6.20 Å². The van der Waals surface area contributed by atoms with Gasteiger partial charge in [-0.25, -0.2) is 0 Å². The summed E-state index contributed by atoms with van der Waals surface area (Å²) in [5, 5.41) is 6.45. The molecule has 1 aromatic heterocycles. The number of nitrogen functional groups attached to an aromatic ring is 1. The van der Waals surface area contributed by atoms with E-state index in [1.807, 2.05) is 0 Å². The van der Waals surface area contributed by atoms with Gasteiger partial charge in [-0.05, 0) is 12.8 Å². The average molecular weight is 254 g/mol. The van der Waals surface area contributed by atoms with Crippen LogP contribution in [0, 0.1) is 0 Å². The van der Waals surface area contributed by atoms with E-state index < -0.39 is 0 Å². The van der Waals surface area contributed by atoms with E-state index in [2.05, 4.69) is 24.0 Å². The smallest absolute Gasteiger partial charge is 0.274 e. The minimum absolute atomic E-state index is 0.115. The van der Waals surface area contributed by atoms with Gasteiger partial charge in [0.15, 0.2) is 0 Å². The van der Waals surface area contributed by atoms with Crippen LogP contribution in [0.4, 0.5) is 5.69 Å². The Morgan fingerprint density at radius 2 is 2.22 bits per heavy atom. The second kappa shape index (κ2) is 7.00. The molecule has 0 saturated heterocycles. The zero-order chi connectivity index (χ0) is 13.5. The lowest BCUT2D eigenvalue weighted by atomic mass is 10.1. The number of nitrogens with zero attached hydrogens (tertiary/aromatic N) is 2. The van der Waals surface area contributed by atoms with E-state index in [0.717, 1.165) is 12.8 Å². The summed E-state index contributed by atoms with van der Waals surface area (Å²) in [4.78, 5) is 14.2. The SMILES string of the molecule is CCC(CC)N(CCOC)C(=O)c1[nH]ncc1N. The monoisotopic (exact) mass is 254 g/mol. The van der Waals surface area contributed by atoms with Gasteiger partial charge in [0.2, 0.25) is 0 Å². The van der Waals surface area contributed by atoms with Crippen LogP contribution in [0.5, 0.6) is 0 Å². The molecule has 18 heavy (non-hydrogen) atoms. The van der Waals surface area contributed by atoms with Crippen molar-refractivity contribution in [2.24, 2.45) is 0 Å². The summed E-state index contributed by atoms with van der Waals surface area (Å²) in [7, 11) is 1.63. The third-order valence-corrected chi connectivity index (χ3v) is 3.06. The zero-order valence-electron chi connectivity index (χ0n) is 11.3. The number of nitrogens with two attached hydrogens (primary N) is 1. The van der Waals surface area contributed by atoms with Gasteiger partial charge in [0.25, 0.3) is 5.91 Å². The van der Waals surface area contributed by atoms with Gasteiger partial charge < -0.3 is 15.4 Å². The number of rotatable bonds is 7. The number of hydrogen-bond acceptors (Lipinski definition) is 4. The summed E-state index contributed by atoms with van der Waals surface area (Å²) in [6.07, 6.45) is 3.26. The maximum atomic E-state index is 12.4. The average Bonchev–Trinajstić information content (AvgIpc) is 2.80. The molecule has 0 aromatic carbocycles. The summed E-state index contributed by atoms with van der Waals surface area (Å²) in [6.45, 7) is 5.20. The van der Waals surface area contributed by atoms with Gasteiger partial charge >= 0.3 is 0 Å². The van der Waals surface area contributed by atoms with Crippen molar-refractivity contribution >= 4 is 11.6 Å². The molecule has 0 unspecified atom stereocenters. The van der Waals surface area contributed by atoms with Crippen molar-refractivity contribution < 1.29 is 9.53 Å². The first kappa shape index (κ1) is 14.5. The molecule has 0 spiro atoms. The standard InChI is InChI=1S/C12H22N4O2/c1-4-9(5-2)16(6-7-18-3)12(17)11-10(13)8-14-15-11/h8-9H,4-7,13H2,1-3H3,(H,14,15). The van der Waals surface area contributed by atoms with Gasteiger partial charge in [0, 0.05) is 19.7 Å². The summed E-state index contributed by atoms with van der Waals surface area (Å²) < 4.78 is 5.06. The summed E-state index contributed by atoms with van der Waals surface area (Å²) in [5.41, 5.74) is 6.46. The van der Waals surface area contributed by atoms with Gasteiger partial charge in [0.05, 0.1) is 18.5 Å². The van der Waals surface area contributed by atoms with Gasteiger partial charge in [-0.15, -0.1) is 0 Å². The van der Waals surface area contributed by atoms with Gasteiger partial charge in [-0.3, -0.25) is 9.89 Å². The van der Waals surface area contributed by atoms with E-state index in [1.54, 1.807) is 12.0 Å². The number of methoxy groups -OCH3 is 1. The number of amides is 1. The molecule has 1 aromatic rings. The van der Waals surface area contributed by atoms with Crippen LogP contribution >= 0.6 is 0 Å². The van der Waals surface area contributed by atoms with Crippen LogP contribution in [0.2, 0.25) is 0 Å². The highest BCUT2D eigenvalue weighted by atomic mass is 16.5. The van der Waals surface area contributed by atoms with Crippen LogP contribution in [0.25, 0.3) is 0 Å². The number of aromatic nitrogens is 2. The third kappa shape index (κ3) is 3.22. The summed E-state index contributed by atoms with van der Waals surface area (Å²) >= 11 is 0. The fourth-order valence-electron chi connectivity index (χ4n) is 1.98. The second-order valence-corrected chi connectivity index (χ2v) is 4.16. The lowest BCUT2D eigenvalue weighted by molar-refractivity contribution is 0.0584. The Bertz CT molecular complexity index is 374. The van der Waals surface area contributed by atoms with E-state index >= 15 is 0 Å². The topological polar surface area (TPSA) is 84.2 Å². The van der Waals surface area contributed by atoms with Crippen molar-refractivity contribution in [3.05, 3.63) is 11.9 Å². The zero-order valence-corrected chi connectivity index (χ0v) is 11.3. The fourth-order valence-corrected chi connectivity index (χ4v) is 1.98. The predicted molar refractivity (Wildman–Crippen MR) is 70.3 cm³/mol. The molecule has 0 saturated carbocycles. The molecule has 3 N–H and O–H groups in total. The maximum absolute atomic E-state index is 12.4. The van der Waals surface area contributed by atoms with Crippen molar-refractivity contribution in [1.82, 2.24) is 15.1 Å². The number of carbonyl (C=O) groups excluding carboxylic acids is 1. The van der Waals surface area contributed by atoms with Gasteiger partial charge in [-0.2, -0.15) is 5.10 Å². The Labute approximate surface area is 107 Å². The molecule has 0 aliphatic heterocycles. The quantitative estimate of drug-likeness (QED) is 0.767. The first-order chi connectivity index (χ1) is 8.65. The molecule has 0 bridgehead atoms. The molecular formula is C12H22N4O2. The summed E-state index contributed by atoms with van der Waals surface area (Å²) in [6, 6.07) is 0.190. The van der Waals surface area contributed by atoms with Crippen LogP contribution in [0.1, 0.15) is 37.2 Å². The van der Waals surface area contributed by atoms with Crippen molar-refractivity contribution in [1.29, 1.82) is 0 Å². The van der Waals surface area contributed by atoms with Gasteiger partial charge in [0.1, 0.15) is 5.69 Å². The molecule has 1 rings (SSSR count). The summed E-state index contributed by atoms with van der Waals surface area (Å²) in [5.74, 6) is -0.115. The maximum Gasteiger partial charge on any atom is 0.274 e. The highest BCUT2D eigenvalue weighted by Crippen LogP contribution is 2.15. The van der Waals surface area contributed by atoms with Crippen molar-refractivity contribution in [3.8, 4) is 0 Å². The highest BCUT2D eigenvalue weighted by molar-refractivity contribution is 5.97. The van der Waals surface area contributed by atoms with Crippen LogP contribution in [-0.4, -0.2) is 47.3 Å². The van der Waals surface area contributed by atoms with E-state index in [-0.39, 0.29) is 11.9 Å². The normalized spacial score (nSPS) is 10.9. The molecule has 6 nitrogen and oxygen atoms in total. The highest BCUT2D eigenvalue weighted by Gasteiger charge is 2.24. The van der Waals surface area contributed by atoms with E-state index in [4.69, 9.17) is 10.5 Å². The minimum atomic E-state index is -0.115. The van der Waals surface area contributed by atoms with Crippen LogP contribution in [0.15, 0.2) is 6.20 Å². The molecule has 0 radical (unpaired) electrons. The lowest BCUT2D eigenvalue weighted by Crippen LogP contribution is -2.42. The second-order valence-electron chi connectivity index (χ2n) is 4.16. The number of anilines is 1. The Balaban J connectivity index is 2.88. The minimum Gasteiger partial charge on any atom is -0.396 e. The fraction of sp³-hybridized carbons (Fsp3) is 0.667. The lowest BCUT2D eigenvalue weighted by Gasteiger charge is -2.30. The van der Waals surface area contributed by atoms with Crippen LogP contribution < -0.4 is 5.73 Å². The number of aromatic amines is 1. The van der Waals surface area contributed by atoms with Gasteiger partial charge in [-0.1, -0.05) is 13.8 Å². The van der Waals surface area contributed by atoms with Crippen molar-refractivity contribution in [2.45, 2.75) is 32.7 Å². The Hall–Kier alpha value is -1.56. The molecule has 0 fully saturated rings. The number of carbonyl (C=O) groups is 1. The molecule has 1 heterocycles. The molecule has 102 valence electrons. The number of nitrogens with one attached hydrogen (secondary N) is 1. The van der Waals surface area contributed by atoms with Crippen LogP contribution in [-0.2, 0) is 4.74 Å². The number of ether oxygens (including phenoxy) is 1. The molecule has 1 amide bonds. The van der Waals surface area contributed by atoms with Crippen LogP contribution in [0.3, 0.4) is 0 Å². The molecule has 0 aliphatic carbocycles. The van der Waals surface area contributed by atoms with Crippen molar-refractivity contribution in [3.63, 3.8) is 0 Å². The Kier molecular flexibility index (Phi) is 5.64. The predicted octanol–water partition coefficient (Wildman–Crippen LogP) is 1.27. The molecular weight excluding hydrogens is 232 g/mol. The molecule has 6 heteroatoms. The largest absolute Gasteiger partial charge is 0.396 e. The Morgan fingerprint density at radius 3 is 2.67 bits per heavy atom. The third-order valence-electron chi connectivity index (χ3n) is 3.06. The molecule has 0 atom stereocenters. The first-order valence-electron chi connectivity index (χ1n) is 6.24. The Morgan fingerprint density at radius 1 is 1.56 bits per heavy atom. The van der Waals surface area contributed by atoms with E-state index in [0.29, 0.717) is 24.5 Å².